The summed E-state index contributed by atoms with van der Waals surface area (Å²) >= 11 is 0. The fourth-order valence-electron chi connectivity index (χ4n) is 3.05. The van der Waals surface area contributed by atoms with Crippen LogP contribution in [0.5, 0.6) is 0 Å². The average Bonchev–Trinajstić information content (AvgIpc) is 2.94. The summed E-state index contributed by atoms with van der Waals surface area (Å²) in [5.74, 6) is -1.38. The molecule has 0 spiro atoms. The molecule has 1 aliphatic carbocycles. The minimum absolute atomic E-state index is 0.0944. The van der Waals surface area contributed by atoms with Crippen LogP contribution in [0.1, 0.15) is 29.8 Å². The van der Waals surface area contributed by atoms with E-state index in [1.165, 1.54) is 12.1 Å². The molecular formula is C16H17F4N7. The van der Waals surface area contributed by atoms with Gasteiger partial charge in [0.15, 0.2) is 17.5 Å². The molecular weight excluding hydrogens is 366 g/mol. The Morgan fingerprint density at radius 2 is 1.81 bits per heavy atom. The van der Waals surface area contributed by atoms with Crippen molar-refractivity contribution >= 4 is 17.6 Å². The van der Waals surface area contributed by atoms with Crippen molar-refractivity contribution in [3.05, 3.63) is 41.0 Å². The summed E-state index contributed by atoms with van der Waals surface area (Å²) in [7, 11) is 0. The Morgan fingerprint density at radius 3 is 2.44 bits per heavy atom. The van der Waals surface area contributed by atoms with E-state index < -0.39 is 17.7 Å². The van der Waals surface area contributed by atoms with E-state index in [2.05, 4.69) is 15.1 Å². The van der Waals surface area contributed by atoms with E-state index in [4.69, 9.17) is 17.2 Å². The van der Waals surface area contributed by atoms with Crippen LogP contribution in [0.3, 0.4) is 0 Å². The van der Waals surface area contributed by atoms with Crippen molar-refractivity contribution in [2.24, 2.45) is 27.2 Å². The topological polar surface area (TPSA) is 121 Å². The lowest BCUT2D eigenvalue weighted by atomic mass is 9.95. The zero-order valence-corrected chi connectivity index (χ0v) is 14.1. The summed E-state index contributed by atoms with van der Waals surface area (Å²) in [5.41, 5.74) is 15.4. The van der Waals surface area contributed by atoms with E-state index in [0.29, 0.717) is 18.5 Å². The lowest BCUT2D eigenvalue weighted by Crippen LogP contribution is -2.26. The summed E-state index contributed by atoms with van der Waals surface area (Å²) in [6.07, 6.45) is -2.57. The standard InChI is InChI=1S/C16H17F4N7/c17-10-7-8(24-15(23)25-14(21)22)5-6-12(10)27-11-4-2-1-3-9(11)13(26-27)16(18,19)20/h5-7H,1-4H2,(H6,21,22,23,24,25). The van der Waals surface area contributed by atoms with Gasteiger partial charge < -0.3 is 17.2 Å². The molecule has 7 nitrogen and oxygen atoms in total. The fraction of sp³-hybridized carbons (Fsp3) is 0.312. The highest BCUT2D eigenvalue weighted by Gasteiger charge is 2.39. The van der Waals surface area contributed by atoms with Gasteiger partial charge in [-0.05, 0) is 37.8 Å². The first-order chi connectivity index (χ1) is 12.7. The number of nitrogens with two attached hydrogens (primary N) is 3. The highest BCUT2D eigenvalue weighted by Crippen LogP contribution is 2.37. The first-order valence-corrected chi connectivity index (χ1v) is 8.08. The van der Waals surface area contributed by atoms with Crippen LogP contribution in [-0.4, -0.2) is 21.7 Å². The lowest BCUT2D eigenvalue weighted by molar-refractivity contribution is -0.142. The number of aromatic nitrogens is 2. The second-order valence-electron chi connectivity index (χ2n) is 6.03. The average molecular weight is 383 g/mol. The van der Waals surface area contributed by atoms with Crippen molar-refractivity contribution in [3.63, 3.8) is 0 Å². The lowest BCUT2D eigenvalue weighted by Gasteiger charge is -2.15. The third kappa shape index (κ3) is 3.86. The summed E-state index contributed by atoms with van der Waals surface area (Å²) < 4.78 is 55.5. The number of hydrogen-bond acceptors (Lipinski definition) is 2. The SMILES string of the molecule is NC(N)=NC(N)=Nc1ccc(-n2nc(C(F)(F)F)c3c2CCCC3)c(F)c1. The number of aliphatic imine (C=N–C) groups is 2. The molecule has 1 aromatic carbocycles. The Labute approximate surface area is 151 Å². The van der Waals surface area contributed by atoms with Gasteiger partial charge in [0.1, 0.15) is 5.69 Å². The van der Waals surface area contributed by atoms with Crippen LogP contribution in [0, 0.1) is 5.82 Å². The summed E-state index contributed by atoms with van der Waals surface area (Å²) in [6, 6.07) is 3.70. The molecule has 2 aromatic rings. The highest BCUT2D eigenvalue weighted by molar-refractivity contribution is 5.93. The number of halogens is 4. The van der Waals surface area contributed by atoms with Crippen LogP contribution in [0.2, 0.25) is 0 Å². The number of fused-ring (bicyclic) bond motifs is 1. The first-order valence-electron chi connectivity index (χ1n) is 8.08. The van der Waals surface area contributed by atoms with Gasteiger partial charge in [0, 0.05) is 17.3 Å². The van der Waals surface area contributed by atoms with Crippen LogP contribution >= 0.6 is 0 Å². The van der Waals surface area contributed by atoms with Gasteiger partial charge in [0.05, 0.1) is 5.69 Å². The molecule has 0 saturated heterocycles. The van der Waals surface area contributed by atoms with Crippen LogP contribution in [0.15, 0.2) is 28.2 Å². The molecule has 0 fully saturated rings. The molecule has 1 aliphatic rings. The molecule has 0 aliphatic heterocycles. The van der Waals surface area contributed by atoms with E-state index in [1.807, 2.05) is 0 Å². The molecule has 144 valence electrons. The van der Waals surface area contributed by atoms with Crippen LogP contribution < -0.4 is 17.2 Å². The molecule has 0 bridgehead atoms. The van der Waals surface area contributed by atoms with E-state index in [1.54, 1.807) is 0 Å². The van der Waals surface area contributed by atoms with Gasteiger partial charge in [-0.3, -0.25) is 0 Å². The second-order valence-corrected chi connectivity index (χ2v) is 6.03. The number of benzene rings is 1. The third-order valence-corrected chi connectivity index (χ3v) is 4.10. The molecule has 0 unspecified atom stereocenters. The van der Waals surface area contributed by atoms with Gasteiger partial charge in [-0.25, -0.2) is 14.1 Å². The maximum absolute atomic E-state index is 14.6. The Hall–Kier alpha value is -3.11. The summed E-state index contributed by atoms with van der Waals surface area (Å²) in [5, 5.41) is 3.66. The van der Waals surface area contributed by atoms with E-state index in [9.17, 15) is 17.6 Å². The quantitative estimate of drug-likeness (QED) is 0.418. The minimum atomic E-state index is -4.60. The molecule has 6 N–H and O–H groups in total. The Balaban J connectivity index is 2.05. The normalized spacial score (nSPS) is 14.7. The molecule has 0 radical (unpaired) electrons. The van der Waals surface area contributed by atoms with Crippen molar-refractivity contribution in [2.45, 2.75) is 31.9 Å². The smallest absolute Gasteiger partial charge is 0.370 e. The summed E-state index contributed by atoms with van der Waals surface area (Å²) in [4.78, 5) is 7.33. The third-order valence-electron chi connectivity index (χ3n) is 4.10. The fourth-order valence-corrected chi connectivity index (χ4v) is 3.05. The molecule has 0 saturated carbocycles. The number of guanidine groups is 2. The van der Waals surface area contributed by atoms with Crippen molar-refractivity contribution in [2.75, 3.05) is 0 Å². The Morgan fingerprint density at radius 1 is 1.11 bits per heavy atom. The van der Waals surface area contributed by atoms with Crippen molar-refractivity contribution in [3.8, 4) is 5.69 Å². The van der Waals surface area contributed by atoms with Crippen LogP contribution in [0.25, 0.3) is 5.69 Å². The highest BCUT2D eigenvalue weighted by atomic mass is 19.4. The number of nitrogens with zero attached hydrogens (tertiary/aromatic N) is 4. The molecule has 11 heteroatoms. The molecule has 3 rings (SSSR count). The van der Waals surface area contributed by atoms with Crippen molar-refractivity contribution in [1.29, 1.82) is 0 Å². The van der Waals surface area contributed by atoms with E-state index >= 15 is 0 Å². The number of hydrogen-bond donors (Lipinski definition) is 3. The van der Waals surface area contributed by atoms with Gasteiger partial charge in [-0.2, -0.15) is 23.3 Å². The van der Waals surface area contributed by atoms with Crippen molar-refractivity contribution in [1.82, 2.24) is 9.78 Å². The van der Waals surface area contributed by atoms with Gasteiger partial charge >= 0.3 is 6.18 Å². The Kier molecular flexibility index (Phi) is 4.77. The maximum atomic E-state index is 14.6. The predicted octanol–water partition coefficient (Wildman–Crippen LogP) is 2.13. The minimum Gasteiger partial charge on any atom is -0.370 e. The second kappa shape index (κ2) is 6.89. The molecule has 27 heavy (non-hydrogen) atoms. The largest absolute Gasteiger partial charge is 0.435 e. The first kappa shape index (κ1) is 18.7. The monoisotopic (exact) mass is 383 g/mol. The number of alkyl halides is 3. The molecule has 1 heterocycles. The molecule has 1 aromatic heterocycles. The van der Waals surface area contributed by atoms with Crippen LogP contribution in [0.4, 0.5) is 23.2 Å². The number of rotatable bonds is 2. The van der Waals surface area contributed by atoms with E-state index in [0.717, 1.165) is 17.2 Å². The van der Waals surface area contributed by atoms with Gasteiger partial charge in [0.2, 0.25) is 5.96 Å². The molecule has 0 amide bonds. The zero-order chi connectivity index (χ0) is 19.8. The van der Waals surface area contributed by atoms with Crippen molar-refractivity contribution < 1.29 is 17.6 Å². The van der Waals surface area contributed by atoms with E-state index in [-0.39, 0.29) is 35.3 Å². The molecule has 0 atom stereocenters. The van der Waals surface area contributed by atoms with Gasteiger partial charge in [-0.1, -0.05) is 0 Å². The van der Waals surface area contributed by atoms with Gasteiger partial charge in [0.25, 0.3) is 0 Å². The summed E-state index contributed by atoms with van der Waals surface area (Å²) in [6.45, 7) is 0. The maximum Gasteiger partial charge on any atom is 0.435 e. The van der Waals surface area contributed by atoms with Crippen LogP contribution in [-0.2, 0) is 19.0 Å². The predicted molar refractivity (Wildman–Crippen MR) is 92.3 cm³/mol. The van der Waals surface area contributed by atoms with Gasteiger partial charge in [-0.15, -0.1) is 0 Å². The zero-order valence-electron chi connectivity index (χ0n) is 14.1. The Bertz CT molecular complexity index is 924.